The first-order chi connectivity index (χ1) is 12.9. The Hall–Kier alpha value is -2.08. The van der Waals surface area contributed by atoms with Gasteiger partial charge in [0.25, 0.3) is 5.82 Å². The minimum absolute atomic E-state index is 0.554. The summed E-state index contributed by atoms with van der Waals surface area (Å²) in [7, 11) is 0. The molecule has 0 saturated carbocycles. The van der Waals surface area contributed by atoms with Crippen LogP contribution >= 0.6 is 15.9 Å². The molecule has 0 aliphatic carbocycles. The molecule has 2 nitrogen and oxygen atoms in total. The summed E-state index contributed by atoms with van der Waals surface area (Å²) in [5, 5.41) is 0. The average molecular weight is 436 g/mol. The molecule has 0 bridgehead atoms. The third-order valence-corrected chi connectivity index (χ3v) is 5.51. The van der Waals surface area contributed by atoms with Gasteiger partial charge in [0.05, 0.1) is 12.1 Å². The van der Waals surface area contributed by atoms with Crippen LogP contribution in [0.2, 0.25) is 0 Å². The third kappa shape index (κ3) is 3.68. The van der Waals surface area contributed by atoms with E-state index in [9.17, 15) is 13.2 Å². The van der Waals surface area contributed by atoms with Crippen LogP contribution in [0.15, 0.2) is 59.2 Å². The first kappa shape index (κ1) is 18.3. The molecule has 27 heavy (non-hydrogen) atoms. The highest BCUT2D eigenvalue weighted by atomic mass is 79.9. The molecule has 0 spiro atoms. The fourth-order valence-electron chi connectivity index (χ4n) is 3.67. The highest BCUT2D eigenvalue weighted by Gasteiger charge is 2.33. The lowest BCUT2D eigenvalue weighted by Crippen LogP contribution is -2.35. The lowest BCUT2D eigenvalue weighted by atomic mass is 10.1. The fourth-order valence-corrected chi connectivity index (χ4v) is 3.94. The summed E-state index contributed by atoms with van der Waals surface area (Å²) in [6, 6.07) is 13.5. The molecule has 1 aliphatic rings. The van der Waals surface area contributed by atoms with E-state index in [-0.39, 0.29) is 0 Å². The molecule has 6 heteroatoms. The maximum Gasteiger partial charge on any atom is 0.416 e. The first-order valence-corrected chi connectivity index (χ1v) is 9.80. The molecule has 3 aromatic rings. The predicted molar refractivity (Wildman–Crippen MR) is 102 cm³/mol. The van der Waals surface area contributed by atoms with Gasteiger partial charge < -0.3 is 0 Å². The Balaban J connectivity index is 1.93. The van der Waals surface area contributed by atoms with Crippen molar-refractivity contribution in [1.82, 2.24) is 4.57 Å². The number of aryl methyl sites for hydroxylation is 1. The van der Waals surface area contributed by atoms with E-state index in [0.29, 0.717) is 5.69 Å². The molecule has 4 rings (SSSR count). The standard InChI is InChI=1S/C21H19BrF3N2/c22-17-10-8-15(9-11-17)19-14-26-12-3-1-2-7-20(26)27(19)18-6-4-5-16(13-18)21(23,24)25/h4-6,8-11,13-14H,1-3,7,12H2/q+1. The Labute approximate surface area is 164 Å². The van der Waals surface area contributed by atoms with E-state index in [1.54, 1.807) is 6.07 Å². The highest BCUT2D eigenvalue weighted by molar-refractivity contribution is 9.10. The van der Waals surface area contributed by atoms with Gasteiger partial charge in [-0.2, -0.15) is 17.7 Å². The average Bonchev–Trinajstić information content (AvgIpc) is 2.84. The molecule has 0 amide bonds. The second-order valence-corrected chi connectivity index (χ2v) is 7.74. The number of benzene rings is 2. The van der Waals surface area contributed by atoms with Crippen molar-refractivity contribution in [3.05, 3.63) is 70.6 Å². The summed E-state index contributed by atoms with van der Waals surface area (Å²) in [6.07, 6.45) is 1.84. The van der Waals surface area contributed by atoms with Crippen molar-refractivity contribution >= 4 is 15.9 Å². The van der Waals surface area contributed by atoms with Gasteiger partial charge in [-0.3, -0.25) is 0 Å². The van der Waals surface area contributed by atoms with Crippen LogP contribution in [0.4, 0.5) is 13.2 Å². The smallest absolute Gasteiger partial charge is 0.233 e. The van der Waals surface area contributed by atoms with Crippen LogP contribution in [-0.4, -0.2) is 4.57 Å². The first-order valence-electron chi connectivity index (χ1n) is 9.01. The topological polar surface area (TPSA) is 8.81 Å². The summed E-state index contributed by atoms with van der Waals surface area (Å²) >= 11 is 3.44. The summed E-state index contributed by atoms with van der Waals surface area (Å²) in [5.41, 5.74) is 1.83. The Morgan fingerprint density at radius 2 is 1.74 bits per heavy atom. The zero-order chi connectivity index (χ0) is 19.0. The van der Waals surface area contributed by atoms with Crippen molar-refractivity contribution in [2.45, 2.75) is 38.4 Å². The number of rotatable bonds is 2. The van der Waals surface area contributed by atoms with Crippen LogP contribution in [0.5, 0.6) is 0 Å². The normalized spacial score (nSPS) is 14.7. The number of halogens is 4. The van der Waals surface area contributed by atoms with Gasteiger partial charge in [0.15, 0.2) is 5.69 Å². The highest BCUT2D eigenvalue weighted by Crippen LogP contribution is 2.33. The van der Waals surface area contributed by atoms with Crippen LogP contribution in [0.1, 0.15) is 30.7 Å². The van der Waals surface area contributed by atoms with E-state index in [1.165, 1.54) is 12.1 Å². The number of alkyl halides is 3. The number of hydrogen-bond donors (Lipinski definition) is 0. The van der Waals surface area contributed by atoms with Gasteiger partial charge in [0, 0.05) is 16.5 Å². The minimum Gasteiger partial charge on any atom is -0.233 e. The second-order valence-electron chi connectivity index (χ2n) is 6.83. The Morgan fingerprint density at radius 1 is 0.963 bits per heavy atom. The van der Waals surface area contributed by atoms with Crippen LogP contribution < -0.4 is 4.57 Å². The molecule has 0 atom stereocenters. The maximum absolute atomic E-state index is 13.3. The monoisotopic (exact) mass is 435 g/mol. The van der Waals surface area contributed by atoms with Crippen molar-refractivity contribution in [2.24, 2.45) is 0 Å². The van der Waals surface area contributed by atoms with Crippen LogP contribution in [0.3, 0.4) is 0 Å². The van der Waals surface area contributed by atoms with Crippen molar-refractivity contribution in [1.29, 1.82) is 0 Å². The third-order valence-electron chi connectivity index (χ3n) is 4.98. The molecule has 0 saturated heterocycles. The SMILES string of the molecule is FC(F)(F)c1cccc(-n2c(-c3ccc(Br)cc3)c[n+]3c2CCCCC3)c1. The Bertz CT molecular complexity index is 959. The van der Waals surface area contributed by atoms with Gasteiger partial charge in [0.2, 0.25) is 0 Å². The number of fused-ring (bicyclic) bond motifs is 1. The maximum atomic E-state index is 13.3. The van der Waals surface area contributed by atoms with Crippen molar-refractivity contribution in [2.75, 3.05) is 0 Å². The number of aromatic nitrogens is 2. The Morgan fingerprint density at radius 3 is 2.48 bits per heavy atom. The van der Waals surface area contributed by atoms with Gasteiger partial charge >= 0.3 is 6.18 Å². The molecule has 140 valence electrons. The van der Waals surface area contributed by atoms with Crippen molar-refractivity contribution < 1.29 is 17.7 Å². The fraction of sp³-hybridized carbons (Fsp3) is 0.286. The van der Waals surface area contributed by atoms with E-state index in [1.807, 2.05) is 28.8 Å². The number of imidazole rings is 1. The molecule has 0 fully saturated rings. The van der Waals surface area contributed by atoms with Crippen LogP contribution in [0.25, 0.3) is 16.9 Å². The van der Waals surface area contributed by atoms with Gasteiger partial charge in [0.1, 0.15) is 11.9 Å². The van der Waals surface area contributed by atoms with Gasteiger partial charge in [-0.25, -0.2) is 4.57 Å². The lowest BCUT2D eigenvalue weighted by molar-refractivity contribution is -0.702. The molecule has 0 N–H and O–H groups in total. The summed E-state index contributed by atoms with van der Waals surface area (Å²) in [6.45, 7) is 0.894. The Kier molecular flexibility index (Phi) is 4.84. The van der Waals surface area contributed by atoms with Crippen LogP contribution in [-0.2, 0) is 19.1 Å². The quantitative estimate of drug-likeness (QED) is 0.440. The number of hydrogen-bond acceptors (Lipinski definition) is 0. The van der Waals surface area contributed by atoms with Gasteiger partial charge in [-0.15, -0.1) is 0 Å². The second kappa shape index (κ2) is 7.15. The zero-order valence-corrected chi connectivity index (χ0v) is 16.2. The zero-order valence-electron chi connectivity index (χ0n) is 14.6. The summed E-state index contributed by atoms with van der Waals surface area (Å²) in [5.74, 6) is 1.06. The molecule has 0 radical (unpaired) electrons. The summed E-state index contributed by atoms with van der Waals surface area (Å²) in [4.78, 5) is 0. The van der Waals surface area contributed by atoms with E-state index in [0.717, 1.165) is 59.8 Å². The van der Waals surface area contributed by atoms with Gasteiger partial charge in [-0.05, 0) is 61.7 Å². The molecule has 2 aromatic carbocycles. The molecule has 1 aromatic heterocycles. The minimum atomic E-state index is -4.36. The van der Waals surface area contributed by atoms with Crippen molar-refractivity contribution in [3.63, 3.8) is 0 Å². The molecular formula is C21H19BrF3N2+. The van der Waals surface area contributed by atoms with Crippen LogP contribution in [0, 0.1) is 0 Å². The summed E-state index contributed by atoms with van der Waals surface area (Å²) < 4.78 is 44.9. The van der Waals surface area contributed by atoms with E-state index < -0.39 is 11.7 Å². The van der Waals surface area contributed by atoms with Gasteiger partial charge in [-0.1, -0.05) is 22.0 Å². The largest absolute Gasteiger partial charge is 0.416 e. The van der Waals surface area contributed by atoms with E-state index >= 15 is 0 Å². The lowest BCUT2D eigenvalue weighted by Gasteiger charge is -2.10. The van der Waals surface area contributed by atoms with Crippen molar-refractivity contribution in [3.8, 4) is 16.9 Å². The number of nitrogens with zero attached hydrogens (tertiary/aromatic N) is 2. The van der Waals surface area contributed by atoms with E-state index in [2.05, 4.69) is 26.7 Å². The molecular weight excluding hydrogens is 417 g/mol. The molecule has 0 unspecified atom stereocenters. The predicted octanol–water partition coefficient (Wildman–Crippen LogP) is 5.94. The molecule has 2 heterocycles. The van der Waals surface area contributed by atoms with E-state index in [4.69, 9.17) is 0 Å². The molecule has 1 aliphatic heterocycles.